The third-order valence-corrected chi connectivity index (χ3v) is 17.9. The summed E-state index contributed by atoms with van der Waals surface area (Å²) in [4.78, 5) is 73.0. The van der Waals surface area contributed by atoms with E-state index in [1.807, 2.05) is 18.2 Å². The zero-order chi connectivity index (χ0) is 76.0. The van der Waals surface area contributed by atoms with E-state index in [2.05, 4.69) is 161 Å². The first-order valence-corrected chi connectivity index (χ1v) is 42.7. The fourth-order valence-corrected chi connectivity index (χ4v) is 11.6. The number of hydrogen-bond acceptors (Lipinski definition) is 15. The summed E-state index contributed by atoms with van der Waals surface area (Å²) in [6.45, 7) is 4.36. The van der Waals surface area contributed by atoms with Crippen LogP contribution < -0.4 is 0 Å². The van der Waals surface area contributed by atoms with E-state index in [1.165, 1.54) is 19.3 Å². The number of ether oxygens (including phenoxy) is 4. The largest absolute Gasteiger partial charge is 0.472 e. The Bertz CT molecular complexity index is 2590. The van der Waals surface area contributed by atoms with Crippen LogP contribution in [0, 0.1) is 0 Å². The Labute approximate surface area is 629 Å². The highest BCUT2D eigenvalue weighted by atomic mass is 31.2. The Morgan fingerprint density at radius 1 is 0.288 bits per heavy atom. The molecule has 592 valence electrons. The zero-order valence-corrected chi connectivity index (χ0v) is 66.4. The Kier molecular flexibility index (Phi) is 72.0. The van der Waals surface area contributed by atoms with Crippen molar-refractivity contribution in [2.45, 2.75) is 316 Å². The number of unbranched alkanes of at least 4 members (excludes halogenated alkanes) is 22. The molecule has 0 heterocycles. The van der Waals surface area contributed by atoms with Gasteiger partial charge in [-0.05, 0) is 148 Å². The van der Waals surface area contributed by atoms with Gasteiger partial charge in [0.15, 0.2) is 12.2 Å². The maximum atomic E-state index is 13.1. The molecule has 0 bridgehead atoms. The molecule has 0 saturated carbocycles. The lowest BCUT2D eigenvalue weighted by molar-refractivity contribution is -0.161. The average Bonchev–Trinajstić information content (AvgIpc) is 0.926. The van der Waals surface area contributed by atoms with Crippen LogP contribution in [0.25, 0.3) is 0 Å². The molecule has 0 rings (SSSR count). The first-order chi connectivity index (χ1) is 50.7. The van der Waals surface area contributed by atoms with Crippen LogP contribution in [0.1, 0.15) is 297 Å². The number of esters is 4. The summed E-state index contributed by atoms with van der Waals surface area (Å²) in [5, 5.41) is 10.6. The molecule has 0 aliphatic heterocycles. The van der Waals surface area contributed by atoms with Gasteiger partial charge in [0.25, 0.3) is 0 Å². The quantitative estimate of drug-likeness (QED) is 0.0169. The maximum Gasteiger partial charge on any atom is 0.472 e. The lowest BCUT2D eigenvalue weighted by Crippen LogP contribution is -2.30. The number of phosphoric acid groups is 2. The van der Waals surface area contributed by atoms with Crippen LogP contribution in [0.15, 0.2) is 158 Å². The summed E-state index contributed by atoms with van der Waals surface area (Å²) in [6.07, 6.45) is 88.2. The Balaban J connectivity index is 5.46. The summed E-state index contributed by atoms with van der Waals surface area (Å²) >= 11 is 0. The summed E-state index contributed by atoms with van der Waals surface area (Å²) in [5.74, 6) is -2.37. The number of allylic oxidation sites excluding steroid dienone is 25. The standard InChI is InChI=1S/C85H140O17P2/c1-5-9-13-17-21-25-29-33-37-39-43-46-50-54-58-62-66-70-83(88)96-76-81(102-85(90)72-68-64-60-56-52-48-44-40-38-34-30-26-22-18-14-10-6-2)78-100-104(93,94)98-74-79(86)73-97-103(91,92)99-77-80(101-84(89)71-67-63-59-55-51-47-42-36-32-28-24-20-16-12-8-4)75-95-82(87)69-65-61-57-53-49-45-41-35-31-27-23-19-15-11-7-3/h9-11,13-15,21-28,33-38,41-42,49,53,61,65,79-81,86H,5-8,12,16-20,29-32,39-40,43-48,50-52,54-60,62-64,66-78H2,1-4H3,(H,91,92)(H,93,94)/b13-9-,14-10-,15-11-,25-21-,26-22-,27-23-,28-24-,37-33-,38-34-,41-35-,42-36-,53-49-,65-61-. The average molecular weight is 1500 g/mol. The van der Waals surface area contributed by atoms with Crippen molar-refractivity contribution in [1.82, 2.24) is 0 Å². The molecule has 0 aromatic carbocycles. The number of rotatable bonds is 73. The fraction of sp³-hybridized carbons (Fsp3) is 0.647. The van der Waals surface area contributed by atoms with Gasteiger partial charge in [-0.2, -0.15) is 0 Å². The maximum absolute atomic E-state index is 13.1. The van der Waals surface area contributed by atoms with Gasteiger partial charge in [0.2, 0.25) is 0 Å². The smallest absolute Gasteiger partial charge is 0.462 e. The molecule has 0 radical (unpaired) electrons. The third-order valence-electron chi connectivity index (χ3n) is 16.0. The van der Waals surface area contributed by atoms with Crippen LogP contribution in [-0.4, -0.2) is 96.7 Å². The van der Waals surface area contributed by atoms with Crippen molar-refractivity contribution in [3.63, 3.8) is 0 Å². The topological polar surface area (TPSA) is 237 Å². The minimum Gasteiger partial charge on any atom is -0.462 e. The summed E-state index contributed by atoms with van der Waals surface area (Å²) in [5.41, 5.74) is 0. The van der Waals surface area contributed by atoms with E-state index >= 15 is 0 Å². The predicted molar refractivity (Wildman–Crippen MR) is 427 cm³/mol. The second kappa shape index (κ2) is 75.9. The van der Waals surface area contributed by atoms with Gasteiger partial charge >= 0.3 is 39.5 Å². The van der Waals surface area contributed by atoms with E-state index in [4.69, 9.17) is 37.0 Å². The molecule has 0 amide bonds. The molecular weight excluding hydrogens is 1350 g/mol. The number of carbonyl (C=O) groups is 4. The SMILES string of the molecule is CC/C=C\C/C=C\C/C=C\C/C=C\C/C=C\CC(=O)OCC(COP(=O)(O)OCC(O)COP(=O)(O)OCC(COC(=O)CCCCCCCCC/C=C\C/C=C\C/C=C\CC)OC(=O)CCCCCCCCC/C=C\C/C=C\C/C=C\CC)OC(=O)CCCCCCC/C=C\C/C=C\CCCCC. The Hall–Kier alpha value is -5.32. The van der Waals surface area contributed by atoms with Crippen LogP contribution in [0.5, 0.6) is 0 Å². The molecule has 104 heavy (non-hydrogen) atoms. The predicted octanol–water partition coefficient (Wildman–Crippen LogP) is 23.2. The van der Waals surface area contributed by atoms with E-state index in [0.717, 1.165) is 199 Å². The molecule has 0 aliphatic carbocycles. The highest BCUT2D eigenvalue weighted by Gasteiger charge is 2.30. The first kappa shape index (κ1) is 98.7. The van der Waals surface area contributed by atoms with Gasteiger partial charge in [-0.25, -0.2) is 9.13 Å². The molecule has 5 atom stereocenters. The van der Waals surface area contributed by atoms with E-state index in [-0.39, 0.29) is 25.7 Å². The van der Waals surface area contributed by atoms with Crippen molar-refractivity contribution in [1.29, 1.82) is 0 Å². The van der Waals surface area contributed by atoms with Crippen molar-refractivity contribution in [2.24, 2.45) is 0 Å². The number of aliphatic hydroxyl groups excluding tert-OH is 1. The molecule has 17 nitrogen and oxygen atoms in total. The number of phosphoric ester groups is 2. The van der Waals surface area contributed by atoms with Gasteiger partial charge in [-0.15, -0.1) is 0 Å². The molecule has 19 heteroatoms. The second-order valence-corrected chi connectivity index (χ2v) is 28.8. The van der Waals surface area contributed by atoms with Crippen LogP contribution in [0.4, 0.5) is 0 Å². The van der Waals surface area contributed by atoms with Crippen molar-refractivity contribution >= 4 is 39.5 Å². The van der Waals surface area contributed by atoms with Crippen LogP contribution in [0.3, 0.4) is 0 Å². The van der Waals surface area contributed by atoms with Gasteiger partial charge in [0.1, 0.15) is 19.3 Å². The first-order valence-electron chi connectivity index (χ1n) is 39.7. The molecule has 0 saturated heterocycles. The van der Waals surface area contributed by atoms with Crippen molar-refractivity contribution < 1.29 is 80.2 Å². The summed E-state index contributed by atoms with van der Waals surface area (Å²) < 4.78 is 68.5. The van der Waals surface area contributed by atoms with Gasteiger partial charge in [0, 0.05) is 19.3 Å². The van der Waals surface area contributed by atoms with Crippen molar-refractivity contribution in [3.8, 4) is 0 Å². The lowest BCUT2D eigenvalue weighted by Gasteiger charge is -2.21. The molecule has 0 aliphatic rings. The second-order valence-electron chi connectivity index (χ2n) is 25.9. The zero-order valence-electron chi connectivity index (χ0n) is 64.6. The van der Waals surface area contributed by atoms with Crippen molar-refractivity contribution in [3.05, 3.63) is 158 Å². The van der Waals surface area contributed by atoms with Gasteiger partial charge in [-0.3, -0.25) is 37.3 Å². The number of hydrogen-bond donors (Lipinski definition) is 3. The third kappa shape index (κ3) is 74.9. The molecule has 0 spiro atoms. The summed E-state index contributed by atoms with van der Waals surface area (Å²) in [6, 6.07) is 0. The van der Waals surface area contributed by atoms with E-state index in [9.17, 15) is 43.2 Å². The number of aliphatic hydroxyl groups is 1. The monoisotopic (exact) mass is 1490 g/mol. The molecule has 5 unspecified atom stereocenters. The van der Waals surface area contributed by atoms with Gasteiger partial charge in [0.05, 0.1) is 32.8 Å². The molecular formula is C85H140O17P2. The lowest BCUT2D eigenvalue weighted by atomic mass is 10.1. The summed E-state index contributed by atoms with van der Waals surface area (Å²) in [7, 11) is -10.0. The van der Waals surface area contributed by atoms with Crippen LogP contribution in [0.2, 0.25) is 0 Å². The molecule has 0 fully saturated rings. The van der Waals surface area contributed by atoms with Crippen LogP contribution >= 0.6 is 15.6 Å². The van der Waals surface area contributed by atoms with Gasteiger partial charge in [-0.1, -0.05) is 282 Å². The molecule has 3 N–H and O–H groups in total. The van der Waals surface area contributed by atoms with Crippen LogP contribution in [-0.2, 0) is 65.4 Å². The highest BCUT2D eigenvalue weighted by molar-refractivity contribution is 7.47. The van der Waals surface area contributed by atoms with E-state index in [1.54, 1.807) is 6.08 Å². The molecule has 0 aromatic heterocycles. The van der Waals surface area contributed by atoms with Crippen molar-refractivity contribution in [2.75, 3.05) is 39.6 Å². The highest BCUT2D eigenvalue weighted by Crippen LogP contribution is 2.45. The van der Waals surface area contributed by atoms with Gasteiger partial charge < -0.3 is 33.8 Å². The van der Waals surface area contributed by atoms with E-state index in [0.29, 0.717) is 25.7 Å². The minimum atomic E-state index is -5.01. The minimum absolute atomic E-state index is 0.0550. The Morgan fingerprint density at radius 2 is 0.538 bits per heavy atom. The van der Waals surface area contributed by atoms with E-state index < -0.39 is 97.5 Å². The Morgan fingerprint density at radius 3 is 0.856 bits per heavy atom. The molecule has 0 aromatic rings. The number of carbonyl (C=O) groups excluding carboxylic acids is 4. The normalized spacial score (nSPS) is 14.7. The fourth-order valence-electron chi connectivity index (χ4n) is 10.1.